The van der Waals surface area contributed by atoms with Crippen LogP contribution < -0.4 is 10.6 Å². The molecule has 0 amide bonds. The van der Waals surface area contributed by atoms with Crippen molar-refractivity contribution in [1.82, 2.24) is 20.2 Å². The summed E-state index contributed by atoms with van der Waals surface area (Å²) in [5.74, 6) is 1.16. The Morgan fingerprint density at radius 3 is 2.85 bits per heavy atom. The molecule has 2 heterocycles. The van der Waals surface area contributed by atoms with E-state index >= 15 is 0 Å². The first kappa shape index (κ1) is 12.7. The van der Waals surface area contributed by atoms with Gasteiger partial charge in [-0.25, -0.2) is 0 Å². The van der Waals surface area contributed by atoms with Crippen molar-refractivity contribution in [2.45, 2.75) is 6.92 Å². The van der Waals surface area contributed by atoms with E-state index in [9.17, 15) is 0 Å². The second kappa shape index (κ2) is 4.97. The topological polar surface area (TPSA) is 78.5 Å². The molecule has 3 aromatic rings. The van der Waals surface area contributed by atoms with Gasteiger partial charge < -0.3 is 10.6 Å². The molecule has 3 rings (SSSR count). The van der Waals surface area contributed by atoms with Gasteiger partial charge in [0.2, 0.25) is 5.95 Å². The minimum Gasteiger partial charge on any atom is -0.357 e. The lowest BCUT2D eigenvalue weighted by atomic mass is 10.2. The van der Waals surface area contributed by atoms with Crippen LogP contribution in [0.4, 0.5) is 17.5 Å². The minimum atomic E-state index is 0.507. The lowest BCUT2D eigenvalue weighted by molar-refractivity contribution is 1.09. The monoisotopic (exact) mass is 288 g/mol. The van der Waals surface area contributed by atoms with Crippen molar-refractivity contribution in [3.05, 3.63) is 35.0 Å². The summed E-state index contributed by atoms with van der Waals surface area (Å²) < 4.78 is 0. The molecule has 0 unspecified atom stereocenters. The van der Waals surface area contributed by atoms with Crippen LogP contribution in [0.3, 0.4) is 0 Å². The standard InChI is InChI=1S/C13H13ClN6/c1-7-3-4-10(9(14)5-7)17-11-8-6-16-20-12(8)19-13(15-2)18-11/h3-6H,1-2H3,(H3,15,16,17,18,19,20). The number of hydrogen-bond acceptors (Lipinski definition) is 5. The Labute approximate surface area is 120 Å². The maximum Gasteiger partial charge on any atom is 0.226 e. The molecule has 0 saturated heterocycles. The van der Waals surface area contributed by atoms with Crippen molar-refractivity contribution in [3.8, 4) is 0 Å². The Balaban J connectivity index is 2.07. The van der Waals surface area contributed by atoms with Crippen LogP contribution in [-0.2, 0) is 0 Å². The summed E-state index contributed by atoms with van der Waals surface area (Å²) in [5.41, 5.74) is 2.56. The predicted molar refractivity (Wildman–Crippen MR) is 80.7 cm³/mol. The fraction of sp³-hybridized carbons (Fsp3) is 0.154. The molecule has 0 aliphatic rings. The van der Waals surface area contributed by atoms with Crippen LogP contribution in [0.1, 0.15) is 5.56 Å². The number of aromatic nitrogens is 4. The lowest BCUT2D eigenvalue weighted by Gasteiger charge is -2.10. The Bertz CT molecular complexity index is 767. The largest absolute Gasteiger partial charge is 0.357 e. The molecule has 1 aromatic carbocycles. The molecule has 0 fully saturated rings. The third kappa shape index (κ3) is 2.25. The number of rotatable bonds is 3. The Hall–Kier alpha value is -2.34. The van der Waals surface area contributed by atoms with Crippen molar-refractivity contribution in [1.29, 1.82) is 0 Å². The molecule has 0 bridgehead atoms. The highest BCUT2D eigenvalue weighted by molar-refractivity contribution is 6.33. The number of nitrogens with one attached hydrogen (secondary N) is 3. The van der Waals surface area contributed by atoms with Crippen LogP contribution in [0.5, 0.6) is 0 Å². The van der Waals surface area contributed by atoms with Crippen LogP contribution in [0.25, 0.3) is 11.0 Å². The number of H-pyrrole nitrogens is 1. The zero-order valence-corrected chi connectivity index (χ0v) is 11.8. The van der Waals surface area contributed by atoms with E-state index in [0.29, 0.717) is 22.4 Å². The molecule has 0 aliphatic carbocycles. The summed E-state index contributed by atoms with van der Waals surface area (Å²) in [5, 5.41) is 14.4. The van der Waals surface area contributed by atoms with Crippen molar-refractivity contribution in [3.63, 3.8) is 0 Å². The molecule has 0 aliphatic heterocycles. The summed E-state index contributed by atoms with van der Waals surface area (Å²) in [4.78, 5) is 8.68. The normalized spacial score (nSPS) is 10.8. The van der Waals surface area contributed by atoms with Gasteiger partial charge in [0.1, 0.15) is 5.82 Å². The number of anilines is 3. The van der Waals surface area contributed by atoms with Gasteiger partial charge in [0.05, 0.1) is 22.3 Å². The van der Waals surface area contributed by atoms with Gasteiger partial charge >= 0.3 is 0 Å². The first-order valence-corrected chi connectivity index (χ1v) is 6.47. The van der Waals surface area contributed by atoms with E-state index in [-0.39, 0.29) is 0 Å². The van der Waals surface area contributed by atoms with Gasteiger partial charge in [-0.15, -0.1) is 0 Å². The molecular formula is C13H13ClN6. The second-order valence-electron chi connectivity index (χ2n) is 4.39. The maximum atomic E-state index is 6.23. The zero-order valence-electron chi connectivity index (χ0n) is 11.0. The third-order valence-corrected chi connectivity index (χ3v) is 3.22. The number of nitrogens with zero attached hydrogens (tertiary/aromatic N) is 3. The number of benzene rings is 1. The molecule has 2 aromatic heterocycles. The summed E-state index contributed by atoms with van der Waals surface area (Å²) >= 11 is 6.23. The summed E-state index contributed by atoms with van der Waals surface area (Å²) in [6, 6.07) is 5.81. The fourth-order valence-corrected chi connectivity index (χ4v) is 2.17. The van der Waals surface area contributed by atoms with E-state index in [2.05, 4.69) is 30.8 Å². The van der Waals surface area contributed by atoms with Crippen LogP contribution in [0.15, 0.2) is 24.4 Å². The molecule has 0 saturated carbocycles. The molecule has 0 atom stereocenters. The van der Waals surface area contributed by atoms with Crippen LogP contribution >= 0.6 is 11.6 Å². The third-order valence-electron chi connectivity index (χ3n) is 2.91. The van der Waals surface area contributed by atoms with Crippen LogP contribution in [0, 0.1) is 6.92 Å². The molecule has 0 radical (unpaired) electrons. The Morgan fingerprint density at radius 1 is 1.25 bits per heavy atom. The number of fused-ring (bicyclic) bond motifs is 1. The first-order valence-electron chi connectivity index (χ1n) is 6.09. The highest BCUT2D eigenvalue weighted by Crippen LogP contribution is 2.28. The number of halogens is 1. The van der Waals surface area contributed by atoms with E-state index in [0.717, 1.165) is 16.6 Å². The minimum absolute atomic E-state index is 0.507. The molecule has 6 nitrogen and oxygen atoms in total. The number of aromatic amines is 1. The van der Waals surface area contributed by atoms with Gasteiger partial charge in [-0.05, 0) is 24.6 Å². The van der Waals surface area contributed by atoms with Gasteiger partial charge in [-0.2, -0.15) is 15.1 Å². The van der Waals surface area contributed by atoms with Gasteiger partial charge in [-0.1, -0.05) is 17.7 Å². The maximum absolute atomic E-state index is 6.23. The van der Waals surface area contributed by atoms with E-state index in [1.807, 2.05) is 25.1 Å². The second-order valence-corrected chi connectivity index (χ2v) is 4.79. The predicted octanol–water partition coefficient (Wildman–Crippen LogP) is 3.10. The van der Waals surface area contributed by atoms with Crippen molar-refractivity contribution >= 4 is 40.1 Å². The molecule has 3 N–H and O–H groups in total. The van der Waals surface area contributed by atoms with E-state index in [1.165, 1.54) is 0 Å². The first-order chi connectivity index (χ1) is 9.67. The van der Waals surface area contributed by atoms with Crippen molar-refractivity contribution in [2.24, 2.45) is 0 Å². The fourth-order valence-electron chi connectivity index (χ4n) is 1.89. The lowest BCUT2D eigenvalue weighted by Crippen LogP contribution is -2.01. The summed E-state index contributed by atoms with van der Waals surface area (Å²) in [7, 11) is 1.76. The molecular weight excluding hydrogens is 276 g/mol. The number of hydrogen-bond donors (Lipinski definition) is 3. The SMILES string of the molecule is CNc1nc(Nc2ccc(C)cc2Cl)c2cn[nH]c2n1. The molecule has 7 heteroatoms. The average molecular weight is 289 g/mol. The van der Waals surface area contributed by atoms with Crippen LogP contribution in [-0.4, -0.2) is 27.2 Å². The van der Waals surface area contributed by atoms with Crippen molar-refractivity contribution < 1.29 is 0 Å². The van der Waals surface area contributed by atoms with Gasteiger partial charge in [0.15, 0.2) is 5.65 Å². The van der Waals surface area contributed by atoms with Gasteiger partial charge in [0.25, 0.3) is 0 Å². The van der Waals surface area contributed by atoms with Crippen molar-refractivity contribution in [2.75, 3.05) is 17.7 Å². The van der Waals surface area contributed by atoms with Gasteiger partial charge in [0, 0.05) is 7.05 Å². The molecule has 102 valence electrons. The highest BCUT2D eigenvalue weighted by atomic mass is 35.5. The summed E-state index contributed by atoms with van der Waals surface area (Å²) in [6.07, 6.45) is 1.68. The Kier molecular flexibility index (Phi) is 3.15. The van der Waals surface area contributed by atoms with Crippen LogP contribution in [0.2, 0.25) is 5.02 Å². The Morgan fingerprint density at radius 2 is 2.10 bits per heavy atom. The smallest absolute Gasteiger partial charge is 0.226 e. The summed E-state index contributed by atoms with van der Waals surface area (Å²) in [6.45, 7) is 1.99. The van der Waals surface area contributed by atoms with Gasteiger partial charge in [-0.3, -0.25) is 5.10 Å². The molecule has 0 spiro atoms. The average Bonchev–Trinajstić information content (AvgIpc) is 2.90. The highest BCUT2D eigenvalue weighted by Gasteiger charge is 2.10. The number of aryl methyl sites for hydroxylation is 1. The van der Waals surface area contributed by atoms with E-state index in [1.54, 1.807) is 13.2 Å². The molecule has 20 heavy (non-hydrogen) atoms. The van der Waals surface area contributed by atoms with E-state index < -0.39 is 0 Å². The zero-order chi connectivity index (χ0) is 14.1. The van der Waals surface area contributed by atoms with E-state index in [4.69, 9.17) is 11.6 Å². The quantitative estimate of drug-likeness (QED) is 0.690.